The van der Waals surface area contributed by atoms with E-state index in [4.69, 9.17) is 14.5 Å². The van der Waals surface area contributed by atoms with E-state index in [0.29, 0.717) is 34.3 Å². The number of hydrogen-bond donors (Lipinski definition) is 0. The molecule has 0 unspecified atom stereocenters. The highest BCUT2D eigenvalue weighted by molar-refractivity contribution is 7.98. The number of methoxy groups -OCH3 is 2. The van der Waals surface area contributed by atoms with Crippen molar-refractivity contribution in [1.82, 2.24) is 9.88 Å². The van der Waals surface area contributed by atoms with Gasteiger partial charge in [0.2, 0.25) is 0 Å². The second-order valence-electron chi connectivity index (χ2n) is 6.60. The van der Waals surface area contributed by atoms with Crippen molar-refractivity contribution in [3.05, 3.63) is 42.0 Å². The number of carbonyl (C=O) groups excluding carboxylic acids is 1. The largest absolute Gasteiger partial charge is 0.495 e. The van der Waals surface area contributed by atoms with Crippen LogP contribution in [-0.2, 0) is 0 Å². The lowest BCUT2D eigenvalue weighted by Crippen LogP contribution is -2.37. The molecule has 1 heterocycles. The summed E-state index contributed by atoms with van der Waals surface area (Å²) in [6.45, 7) is 1.25. The van der Waals surface area contributed by atoms with Crippen LogP contribution in [0, 0.1) is 0 Å². The Morgan fingerprint density at radius 2 is 1.73 bits per heavy atom. The first kappa shape index (κ1) is 24.3. The first-order chi connectivity index (χ1) is 14.0. The lowest BCUT2D eigenvalue weighted by molar-refractivity contribution is 0.0982. The fourth-order valence-corrected chi connectivity index (χ4v) is 4.63. The Hall–Kier alpha value is -2.00. The number of hydrogen-bond acceptors (Lipinski definition) is 7. The normalized spacial score (nSPS) is 10.7. The van der Waals surface area contributed by atoms with Crippen molar-refractivity contribution in [2.75, 3.05) is 52.6 Å². The molecule has 2 aromatic carbocycles. The summed E-state index contributed by atoms with van der Waals surface area (Å²) in [4.78, 5) is 23.0. The molecule has 162 valence electrons. The Kier molecular flexibility index (Phi) is 8.78. The van der Waals surface area contributed by atoms with Crippen molar-refractivity contribution in [2.24, 2.45) is 0 Å². The molecule has 3 rings (SSSR count). The minimum atomic E-state index is -0.0613. The number of halogens is 1. The molecule has 0 aliphatic heterocycles. The minimum absolute atomic E-state index is 0. The zero-order valence-corrected chi connectivity index (χ0v) is 20.1. The maximum Gasteiger partial charge on any atom is 0.261 e. The van der Waals surface area contributed by atoms with E-state index in [1.807, 2.05) is 56.7 Å². The minimum Gasteiger partial charge on any atom is -0.495 e. The van der Waals surface area contributed by atoms with Crippen LogP contribution in [0.15, 0.2) is 41.3 Å². The number of thiazole rings is 1. The Morgan fingerprint density at radius 3 is 2.37 bits per heavy atom. The van der Waals surface area contributed by atoms with E-state index >= 15 is 0 Å². The van der Waals surface area contributed by atoms with Crippen LogP contribution in [-0.4, -0.2) is 63.5 Å². The number of anilines is 1. The summed E-state index contributed by atoms with van der Waals surface area (Å²) in [5.74, 6) is 1.32. The standard InChI is InChI=1S/C21H25N3O3S2.ClH/c1-23(2)12-13-24(20(25)14-8-6-7-9-17(14)28-5)21-22-18-15(26-3)10-11-16(27-4)19(18)29-21;/h6-11H,12-13H2,1-5H3;1H. The third-order valence-electron chi connectivity index (χ3n) is 4.48. The van der Waals surface area contributed by atoms with Crippen molar-refractivity contribution >= 4 is 56.8 Å². The topological polar surface area (TPSA) is 54.9 Å². The van der Waals surface area contributed by atoms with Crippen LogP contribution >= 0.6 is 35.5 Å². The van der Waals surface area contributed by atoms with Crippen molar-refractivity contribution in [3.63, 3.8) is 0 Å². The average molecular weight is 468 g/mol. The molecule has 6 nitrogen and oxygen atoms in total. The molecule has 1 aromatic heterocycles. The maximum atomic E-state index is 13.5. The number of aromatic nitrogens is 1. The molecule has 3 aromatic rings. The molecule has 0 atom stereocenters. The first-order valence-corrected chi connectivity index (χ1v) is 11.2. The van der Waals surface area contributed by atoms with Crippen LogP contribution in [0.3, 0.4) is 0 Å². The fraction of sp³-hybridized carbons (Fsp3) is 0.333. The van der Waals surface area contributed by atoms with Crippen LogP contribution in [0.4, 0.5) is 5.13 Å². The number of carbonyl (C=O) groups is 1. The van der Waals surface area contributed by atoms with Gasteiger partial charge in [-0.1, -0.05) is 23.5 Å². The summed E-state index contributed by atoms with van der Waals surface area (Å²) in [7, 11) is 7.22. The molecule has 0 radical (unpaired) electrons. The molecule has 0 saturated carbocycles. The molecule has 0 spiro atoms. The van der Waals surface area contributed by atoms with Crippen LogP contribution in [0.5, 0.6) is 11.5 Å². The molecule has 1 amide bonds. The first-order valence-electron chi connectivity index (χ1n) is 9.11. The number of nitrogens with zero attached hydrogens (tertiary/aromatic N) is 3. The summed E-state index contributed by atoms with van der Waals surface area (Å²) >= 11 is 3.00. The number of benzene rings is 2. The second-order valence-corrected chi connectivity index (χ2v) is 8.43. The van der Waals surface area contributed by atoms with E-state index < -0.39 is 0 Å². The number of rotatable bonds is 8. The van der Waals surface area contributed by atoms with Gasteiger partial charge in [-0.3, -0.25) is 9.69 Å². The number of fused-ring (bicyclic) bond motifs is 1. The predicted octanol–water partition coefficient (Wildman–Crippen LogP) is 4.67. The molecular formula is C21H26ClN3O3S2. The van der Waals surface area contributed by atoms with E-state index in [0.717, 1.165) is 16.1 Å². The van der Waals surface area contributed by atoms with Gasteiger partial charge < -0.3 is 14.4 Å². The van der Waals surface area contributed by atoms with E-state index in [-0.39, 0.29) is 18.3 Å². The van der Waals surface area contributed by atoms with E-state index in [1.165, 1.54) is 11.3 Å². The molecule has 0 saturated heterocycles. The lowest BCUT2D eigenvalue weighted by atomic mass is 10.2. The van der Waals surface area contributed by atoms with Gasteiger partial charge in [-0.25, -0.2) is 4.98 Å². The van der Waals surface area contributed by atoms with E-state index in [1.54, 1.807) is 30.9 Å². The molecule has 30 heavy (non-hydrogen) atoms. The van der Waals surface area contributed by atoms with Gasteiger partial charge in [-0.05, 0) is 44.6 Å². The number of likely N-dealkylation sites (N-methyl/N-ethyl adjacent to an activating group) is 1. The van der Waals surface area contributed by atoms with Crippen LogP contribution in [0.25, 0.3) is 10.2 Å². The SMILES string of the molecule is COc1ccc(OC)c2sc(N(CCN(C)C)C(=O)c3ccccc3SC)nc12.Cl. The summed E-state index contributed by atoms with van der Waals surface area (Å²) < 4.78 is 11.8. The third-order valence-corrected chi connectivity index (χ3v) is 6.37. The molecule has 0 aliphatic carbocycles. The molecule has 0 bridgehead atoms. The van der Waals surface area contributed by atoms with Gasteiger partial charge in [0.05, 0.1) is 19.8 Å². The van der Waals surface area contributed by atoms with E-state index in [9.17, 15) is 4.79 Å². The molecule has 9 heteroatoms. The van der Waals surface area contributed by atoms with Gasteiger partial charge in [-0.15, -0.1) is 24.2 Å². The summed E-state index contributed by atoms with van der Waals surface area (Å²) in [6, 6.07) is 11.4. The van der Waals surface area contributed by atoms with Crippen molar-refractivity contribution in [3.8, 4) is 11.5 Å². The van der Waals surface area contributed by atoms with Gasteiger partial charge in [0.25, 0.3) is 5.91 Å². The Morgan fingerprint density at radius 1 is 1.07 bits per heavy atom. The Balaban J connectivity index is 0.00000320. The number of ether oxygens (including phenoxy) is 2. The smallest absolute Gasteiger partial charge is 0.261 e. The molecule has 0 fully saturated rings. The monoisotopic (exact) mass is 467 g/mol. The van der Waals surface area contributed by atoms with Crippen molar-refractivity contribution < 1.29 is 14.3 Å². The average Bonchev–Trinajstić information content (AvgIpc) is 3.17. The second kappa shape index (κ2) is 10.9. The van der Waals surface area contributed by atoms with Gasteiger partial charge in [0, 0.05) is 18.0 Å². The summed E-state index contributed by atoms with van der Waals surface area (Å²) in [6.07, 6.45) is 1.98. The highest BCUT2D eigenvalue weighted by atomic mass is 35.5. The predicted molar refractivity (Wildman–Crippen MR) is 128 cm³/mol. The summed E-state index contributed by atoms with van der Waals surface area (Å²) in [5, 5.41) is 0.630. The number of thioether (sulfide) groups is 1. The summed E-state index contributed by atoms with van der Waals surface area (Å²) in [5.41, 5.74) is 1.38. The number of amides is 1. The molecule has 0 N–H and O–H groups in total. The quantitative estimate of drug-likeness (QED) is 0.449. The third kappa shape index (κ3) is 5.00. The zero-order valence-electron chi connectivity index (χ0n) is 17.7. The Bertz CT molecular complexity index is 969. The maximum absolute atomic E-state index is 13.5. The van der Waals surface area contributed by atoms with Gasteiger partial charge in [0.1, 0.15) is 21.7 Å². The van der Waals surface area contributed by atoms with Gasteiger partial charge in [-0.2, -0.15) is 0 Å². The van der Waals surface area contributed by atoms with Crippen LogP contribution in [0.1, 0.15) is 10.4 Å². The van der Waals surface area contributed by atoms with Crippen LogP contribution in [0.2, 0.25) is 0 Å². The molecule has 0 aliphatic rings. The molecular weight excluding hydrogens is 442 g/mol. The van der Waals surface area contributed by atoms with Gasteiger partial charge >= 0.3 is 0 Å². The lowest BCUT2D eigenvalue weighted by Gasteiger charge is -2.22. The van der Waals surface area contributed by atoms with Crippen LogP contribution < -0.4 is 14.4 Å². The highest BCUT2D eigenvalue weighted by Crippen LogP contribution is 2.40. The van der Waals surface area contributed by atoms with E-state index in [2.05, 4.69) is 4.90 Å². The zero-order chi connectivity index (χ0) is 21.0. The van der Waals surface area contributed by atoms with Gasteiger partial charge in [0.15, 0.2) is 5.13 Å². The highest BCUT2D eigenvalue weighted by Gasteiger charge is 2.25. The van der Waals surface area contributed by atoms with Crippen molar-refractivity contribution in [1.29, 1.82) is 0 Å². The van der Waals surface area contributed by atoms with Crippen molar-refractivity contribution in [2.45, 2.75) is 4.90 Å². The Labute approximate surface area is 191 Å². The fourth-order valence-electron chi connectivity index (χ4n) is 2.94.